The molecule has 0 aliphatic heterocycles. The maximum absolute atomic E-state index is 9.43. The average molecular weight is 178 g/mol. The van der Waals surface area contributed by atoms with E-state index >= 15 is 0 Å². The average Bonchev–Trinajstić information content (AvgIpc) is 2.17. The van der Waals surface area contributed by atoms with Crippen LogP contribution in [0.5, 0.6) is 0 Å². The number of aryl methyl sites for hydroxylation is 2. The first-order valence-corrected chi connectivity index (χ1v) is 5.07. The van der Waals surface area contributed by atoms with Gasteiger partial charge in [-0.05, 0) is 49.3 Å². The minimum Gasteiger partial charge on any atom is -0.389 e. The Labute approximate surface area is 79.4 Å². The molecule has 1 aliphatic carbocycles. The number of rotatable bonds is 1. The Kier molecular flexibility index (Phi) is 2.36. The topological polar surface area (TPSA) is 20.2 Å². The predicted octanol–water partition coefficient (Wildman–Crippen LogP) is 2.62. The molecule has 13 heavy (non-hydrogen) atoms. The minimum atomic E-state index is -0.327. The van der Waals surface area contributed by atoms with Crippen molar-refractivity contribution in [2.75, 3.05) is 0 Å². The molecular weight excluding hydrogens is 162 g/mol. The van der Waals surface area contributed by atoms with Crippen molar-refractivity contribution in [3.8, 4) is 0 Å². The lowest BCUT2D eigenvalue weighted by Crippen LogP contribution is -2.04. The Morgan fingerprint density at radius 1 is 1.15 bits per heavy atom. The van der Waals surface area contributed by atoms with Gasteiger partial charge in [0.05, 0.1) is 6.10 Å². The van der Waals surface area contributed by atoms with Crippen molar-refractivity contribution in [3.05, 3.63) is 34.9 Å². The Hall–Kier alpha value is -0.820. The van der Waals surface area contributed by atoms with E-state index < -0.39 is 0 Å². The van der Waals surface area contributed by atoms with Crippen molar-refractivity contribution in [3.63, 3.8) is 0 Å². The van der Waals surface area contributed by atoms with Crippen LogP contribution in [-0.4, -0.2) is 5.11 Å². The summed E-state index contributed by atoms with van der Waals surface area (Å²) in [4.78, 5) is 0. The first-order valence-electron chi connectivity index (χ1n) is 5.07. The number of hydrogen-bond acceptors (Lipinski definition) is 1. The largest absolute Gasteiger partial charge is 0.389 e. The summed E-state index contributed by atoms with van der Waals surface area (Å²) in [5.41, 5.74) is 3.99. The molecule has 0 heterocycles. The number of fused-ring (bicyclic) bond motifs is 1. The van der Waals surface area contributed by atoms with Gasteiger partial charge in [-0.15, -0.1) is 0 Å². The van der Waals surface area contributed by atoms with Crippen LogP contribution < -0.4 is 0 Å². The van der Waals surface area contributed by atoms with Gasteiger partial charge < -0.3 is 5.11 Å². The molecule has 1 N–H and O–H groups in total. The third-order valence-corrected chi connectivity index (χ3v) is 2.85. The molecule has 0 spiro atoms. The molecule has 1 nitrogen and oxygen atoms in total. The summed E-state index contributed by atoms with van der Waals surface area (Å²) in [6.45, 7) is 1.82. The Morgan fingerprint density at radius 2 is 1.85 bits per heavy atom. The van der Waals surface area contributed by atoms with E-state index in [0.29, 0.717) is 0 Å². The Morgan fingerprint density at radius 3 is 2.54 bits per heavy atom. The molecule has 0 bridgehead atoms. The fourth-order valence-corrected chi connectivity index (χ4v) is 2.01. The standard InChI is InChI=1S/C12H16O/c1-9(13)11-7-6-10-4-2-3-5-12(10)8-11/h6-9,13H,2-5H2,1H3/i10+1,12+1. The lowest BCUT2D eigenvalue weighted by Gasteiger charge is -2.17. The van der Waals surface area contributed by atoms with Crippen LogP contribution in [0.25, 0.3) is 0 Å². The molecule has 0 saturated heterocycles. The van der Waals surface area contributed by atoms with Gasteiger partial charge in [-0.3, -0.25) is 0 Å². The fraction of sp³-hybridized carbons (Fsp3) is 0.500. The highest BCUT2D eigenvalue weighted by Gasteiger charge is 2.10. The zero-order valence-electron chi connectivity index (χ0n) is 8.09. The monoisotopic (exact) mass is 178 g/mol. The van der Waals surface area contributed by atoms with Gasteiger partial charge in [0.1, 0.15) is 0 Å². The molecular formula is C12H16O. The molecule has 2 rings (SSSR count). The highest BCUT2D eigenvalue weighted by molar-refractivity contribution is 5.34. The maximum atomic E-state index is 9.43. The minimum absolute atomic E-state index is 0.327. The van der Waals surface area contributed by atoms with Gasteiger partial charge in [-0.2, -0.15) is 0 Å². The van der Waals surface area contributed by atoms with E-state index in [1.165, 1.54) is 36.8 Å². The lowest BCUT2D eigenvalue weighted by atomic mass is 10.1. The van der Waals surface area contributed by atoms with E-state index in [4.69, 9.17) is 0 Å². The van der Waals surface area contributed by atoms with Crippen molar-refractivity contribution < 1.29 is 5.11 Å². The van der Waals surface area contributed by atoms with Crippen LogP contribution >= 0.6 is 0 Å². The summed E-state index contributed by atoms with van der Waals surface area (Å²) >= 11 is 0. The van der Waals surface area contributed by atoms with Crippen LogP contribution in [-0.2, 0) is 12.8 Å². The van der Waals surface area contributed by atoms with Gasteiger partial charge in [0, 0.05) is 0 Å². The van der Waals surface area contributed by atoms with Crippen LogP contribution in [0.3, 0.4) is 0 Å². The summed E-state index contributed by atoms with van der Waals surface area (Å²) in [6.07, 6.45) is 4.70. The van der Waals surface area contributed by atoms with E-state index in [-0.39, 0.29) is 6.10 Å². The molecule has 0 aromatic heterocycles. The van der Waals surface area contributed by atoms with E-state index in [1.807, 2.05) is 6.92 Å². The highest BCUT2D eigenvalue weighted by Crippen LogP contribution is 2.24. The van der Waals surface area contributed by atoms with Gasteiger partial charge in [-0.1, -0.05) is 18.2 Å². The lowest BCUT2D eigenvalue weighted by molar-refractivity contribution is 0.199. The van der Waals surface area contributed by atoms with Gasteiger partial charge in [0.15, 0.2) is 0 Å². The molecule has 0 radical (unpaired) electrons. The smallest absolute Gasteiger partial charge is 0.0762 e. The number of hydrogen-bond donors (Lipinski definition) is 1. The summed E-state index contributed by atoms with van der Waals surface area (Å²) in [7, 11) is 0. The normalized spacial score (nSPS) is 18.0. The van der Waals surface area contributed by atoms with Gasteiger partial charge in [-0.25, -0.2) is 0 Å². The van der Waals surface area contributed by atoms with Crippen molar-refractivity contribution in [2.45, 2.75) is 38.7 Å². The van der Waals surface area contributed by atoms with Crippen LogP contribution in [0.2, 0.25) is 0 Å². The third kappa shape index (κ3) is 1.75. The summed E-state index contributed by atoms with van der Waals surface area (Å²) in [5.74, 6) is 0. The van der Waals surface area contributed by atoms with Crippen molar-refractivity contribution in [2.24, 2.45) is 0 Å². The van der Waals surface area contributed by atoms with Crippen LogP contribution in [0.1, 0.15) is 42.6 Å². The van der Waals surface area contributed by atoms with E-state index in [1.54, 1.807) is 0 Å². The van der Waals surface area contributed by atoms with E-state index in [0.717, 1.165) is 5.56 Å². The second-order valence-electron chi connectivity index (χ2n) is 3.91. The first-order chi connectivity index (χ1) is 6.27. The molecule has 0 fully saturated rings. The van der Waals surface area contributed by atoms with Crippen molar-refractivity contribution in [1.82, 2.24) is 0 Å². The Bertz CT molecular complexity index is 302. The fourth-order valence-electron chi connectivity index (χ4n) is 2.01. The first kappa shape index (κ1) is 8.76. The summed E-state index contributed by atoms with van der Waals surface area (Å²) in [5, 5.41) is 9.43. The van der Waals surface area contributed by atoms with Gasteiger partial charge in [0.2, 0.25) is 0 Å². The van der Waals surface area contributed by atoms with E-state index in [9.17, 15) is 5.11 Å². The number of aliphatic hydroxyl groups is 1. The van der Waals surface area contributed by atoms with Crippen LogP contribution in [0, 0.1) is 0 Å². The zero-order chi connectivity index (χ0) is 9.26. The zero-order valence-corrected chi connectivity index (χ0v) is 8.09. The highest BCUT2D eigenvalue weighted by atomic mass is 16.3. The molecule has 1 aromatic carbocycles. The second kappa shape index (κ2) is 3.51. The van der Waals surface area contributed by atoms with Crippen LogP contribution in [0.15, 0.2) is 18.2 Å². The Balaban J connectivity index is 2.35. The molecule has 1 aliphatic rings. The molecule has 70 valence electrons. The van der Waals surface area contributed by atoms with Gasteiger partial charge in [0.25, 0.3) is 0 Å². The molecule has 1 atom stereocenters. The predicted molar refractivity (Wildman–Crippen MR) is 53.7 cm³/mol. The summed E-state index contributed by atoms with van der Waals surface area (Å²) in [6, 6.07) is 6.39. The maximum Gasteiger partial charge on any atom is 0.0762 e. The summed E-state index contributed by atoms with van der Waals surface area (Å²) < 4.78 is 0. The van der Waals surface area contributed by atoms with E-state index in [2.05, 4.69) is 18.2 Å². The number of benzene rings is 1. The number of aliphatic hydroxyl groups excluding tert-OH is 1. The van der Waals surface area contributed by atoms with Crippen molar-refractivity contribution >= 4 is 0 Å². The molecule has 0 amide bonds. The SMILES string of the molecule is CC(O)c1cc[13c]2[13c](c1)CCCC2. The second-order valence-corrected chi connectivity index (χ2v) is 3.91. The quantitative estimate of drug-likeness (QED) is 0.700. The van der Waals surface area contributed by atoms with Crippen LogP contribution in [0.4, 0.5) is 0 Å². The molecule has 0 saturated carbocycles. The van der Waals surface area contributed by atoms with Crippen molar-refractivity contribution in [1.29, 1.82) is 0 Å². The molecule has 1 unspecified atom stereocenters. The molecule has 1 aromatic rings. The van der Waals surface area contributed by atoms with Gasteiger partial charge >= 0.3 is 0 Å². The molecule has 1 heteroatoms. The third-order valence-electron chi connectivity index (χ3n) is 2.85.